The fraction of sp³-hybridized carbons (Fsp3) is 0.267. The zero-order chi connectivity index (χ0) is 16.6. The number of carbonyl (C=O) groups excluding carboxylic acids is 1. The second-order valence-corrected chi connectivity index (χ2v) is 5.96. The first-order valence-corrected chi connectivity index (χ1v) is 7.68. The van der Waals surface area contributed by atoms with Crippen molar-refractivity contribution in [2.45, 2.75) is 6.92 Å². The number of anilines is 1. The van der Waals surface area contributed by atoms with Gasteiger partial charge in [-0.3, -0.25) is 14.8 Å². The Kier molecular flexibility index (Phi) is 3.91. The maximum atomic E-state index is 12.4. The van der Waals surface area contributed by atoms with Crippen LogP contribution < -0.4 is 14.8 Å². The lowest BCUT2D eigenvalue weighted by atomic mass is 10.2. The number of amides is 1. The number of methoxy groups -OCH3 is 2. The molecule has 3 rings (SSSR count). The van der Waals surface area contributed by atoms with Gasteiger partial charge in [0.2, 0.25) is 5.88 Å². The number of thiazole rings is 1. The molecule has 120 valence electrons. The molecule has 1 amide bonds. The quantitative estimate of drug-likeness (QED) is 0.794. The monoisotopic (exact) mass is 332 g/mol. The van der Waals surface area contributed by atoms with Gasteiger partial charge >= 0.3 is 0 Å². The lowest BCUT2D eigenvalue weighted by Crippen LogP contribution is -2.12. The third-order valence-electron chi connectivity index (χ3n) is 3.38. The molecule has 0 aliphatic carbocycles. The average molecular weight is 332 g/mol. The number of hydrogen-bond donors (Lipinski definition) is 1. The third kappa shape index (κ3) is 2.72. The summed E-state index contributed by atoms with van der Waals surface area (Å²) in [6.07, 6.45) is 1.60. The summed E-state index contributed by atoms with van der Waals surface area (Å²) in [5.41, 5.74) is 2.18. The van der Waals surface area contributed by atoms with Gasteiger partial charge in [0.25, 0.3) is 5.91 Å². The summed E-state index contributed by atoms with van der Waals surface area (Å²) in [6, 6.07) is 3.84. The van der Waals surface area contributed by atoms with Crippen molar-refractivity contribution in [2.75, 3.05) is 19.5 Å². The molecule has 8 heteroatoms. The maximum Gasteiger partial charge on any atom is 0.264 e. The number of rotatable bonds is 4. The van der Waals surface area contributed by atoms with Crippen molar-refractivity contribution in [3.8, 4) is 11.6 Å². The minimum absolute atomic E-state index is 0.278. The Bertz CT molecular complexity index is 884. The molecule has 0 aliphatic rings. The van der Waals surface area contributed by atoms with E-state index in [1.54, 1.807) is 20.4 Å². The first kappa shape index (κ1) is 15.3. The highest BCUT2D eigenvalue weighted by Gasteiger charge is 2.19. The van der Waals surface area contributed by atoms with E-state index in [0.717, 1.165) is 15.8 Å². The van der Waals surface area contributed by atoms with Gasteiger partial charge in [0.05, 0.1) is 18.9 Å². The van der Waals surface area contributed by atoms with Crippen molar-refractivity contribution in [3.05, 3.63) is 29.5 Å². The number of nitrogens with zero attached hydrogens (tertiary/aromatic N) is 3. The van der Waals surface area contributed by atoms with Crippen LogP contribution >= 0.6 is 11.3 Å². The van der Waals surface area contributed by atoms with Gasteiger partial charge in [-0.25, -0.2) is 4.98 Å². The number of benzene rings is 1. The van der Waals surface area contributed by atoms with Gasteiger partial charge in [-0.2, -0.15) is 0 Å². The second kappa shape index (κ2) is 5.88. The first-order chi connectivity index (χ1) is 11.0. The van der Waals surface area contributed by atoms with Crippen molar-refractivity contribution >= 4 is 32.6 Å². The van der Waals surface area contributed by atoms with E-state index in [1.165, 1.54) is 23.1 Å². The van der Waals surface area contributed by atoms with E-state index >= 15 is 0 Å². The topological polar surface area (TPSA) is 78.3 Å². The van der Waals surface area contributed by atoms with Crippen molar-refractivity contribution in [3.63, 3.8) is 0 Å². The predicted octanol–water partition coefficient (Wildman–Crippen LogP) is 2.61. The summed E-state index contributed by atoms with van der Waals surface area (Å²) in [4.78, 5) is 16.9. The molecule has 0 spiro atoms. The van der Waals surface area contributed by atoms with Crippen LogP contribution in [0, 0.1) is 6.92 Å². The fourth-order valence-corrected chi connectivity index (χ4v) is 3.21. The molecule has 0 unspecified atom stereocenters. The lowest BCUT2D eigenvalue weighted by molar-refractivity contribution is 0.102. The van der Waals surface area contributed by atoms with Crippen molar-refractivity contribution in [2.24, 2.45) is 7.05 Å². The van der Waals surface area contributed by atoms with Crippen molar-refractivity contribution in [1.29, 1.82) is 0 Å². The molecule has 2 heterocycles. The van der Waals surface area contributed by atoms with Crippen LogP contribution in [-0.2, 0) is 7.05 Å². The molecule has 0 atom stereocenters. The smallest absolute Gasteiger partial charge is 0.264 e. The first-order valence-electron chi connectivity index (χ1n) is 6.86. The molecule has 7 nitrogen and oxygen atoms in total. The molecule has 2 aromatic heterocycles. The number of ether oxygens (including phenoxy) is 2. The Morgan fingerprint density at radius 2 is 2.09 bits per heavy atom. The molecule has 23 heavy (non-hydrogen) atoms. The van der Waals surface area contributed by atoms with Gasteiger partial charge in [0.1, 0.15) is 16.8 Å². The summed E-state index contributed by atoms with van der Waals surface area (Å²) in [5, 5.41) is 7.37. The normalized spacial score (nSPS) is 10.8. The molecule has 3 aromatic rings. The van der Waals surface area contributed by atoms with E-state index < -0.39 is 0 Å². The molecular formula is C15H16N4O3S. The molecule has 0 aliphatic heterocycles. The Labute approximate surface area is 136 Å². The van der Waals surface area contributed by atoms with Crippen LogP contribution in [0.4, 0.5) is 5.13 Å². The van der Waals surface area contributed by atoms with Crippen LogP contribution in [-0.4, -0.2) is 34.9 Å². The van der Waals surface area contributed by atoms with E-state index in [2.05, 4.69) is 15.4 Å². The minimum atomic E-state index is -0.314. The highest BCUT2D eigenvalue weighted by Crippen LogP contribution is 2.35. The van der Waals surface area contributed by atoms with Crippen molar-refractivity contribution < 1.29 is 14.3 Å². The van der Waals surface area contributed by atoms with Crippen LogP contribution in [0.5, 0.6) is 11.6 Å². The molecule has 0 bridgehead atoms. The van der Waals surface area contributed by atoms with E-state index in [4.69, 9.17) is 9.47 Å². The highest BCUT2D eigenvalue weighted by atomic mass is 32.1. The SMILES string of the molecule is COc1nn(C)cc1C(=O)Nc1nc2c(OC)ccc(C)c2s1. The number of aromatic nitrogens is 3. The van der Waals surface area contributed by atoms with E-state index in [9.17, 15) is 4.79 Å². The summed E-state index contributed by atoms with van der Waals surface area (Å²) in [5.74, 6) is 0.645. The zero-order valence-electron chi connectivity index (χ0n) is 13.2. The molecule has 0 radical (unpaired) electrons. The van der Waals surface area contributed by atoms with Crippen LogP contribution in [0.1, 0.15) is 15.9 Å². The number of hydrogen-bond acceptors (Lipinski definition) is 6. The number of aryl methyl sites for hydroxylation is 2. The highest BCUT2D eigenvalue weighted by molar-refractivity contribution is 7.22. The lowest BCUT2D eigenvalue weighted by Gasteiger charge is -2.01. The van der Waals surface area contributed by atoms with Gasteiger partial charge in [0, 0.05) is 13.2 Å². The van der Waals surface area contributed by atoms with Gasteiger partial charge in [-0.05, 0) is 18.6 Å². The van der Waals surface area contributed by atoms with Crippen LogP contribution in [0.2, 0.25) is 0 Å². The Morgan fingerprint density at radius 3 is 2.78 bits per heavy atom. The molecular weight excluding hydrogens is 316 g/mol. The second-order valence-electron chi connectivity index (χ2n) is 4.96. The fourth-order valence-electron chi connectivity index (χ4n) is 2.27. The maximum absolute atomic E-state index is 12.4. The molecule has 0 saturated carbocycles. The Hall–Kier alpha value is -2.61. The molecule has 1 aromatic carbocycles. The standard InChI is InChI=1S/C15H16N4O3S/c1-8-5-6-10(21-3)11-12(8)23-15(16-11)17-13(20)9-7-19(2)18-14(9)22-4/h5-7H,1-4H3,(H,16,17,20). The van der Waals surface area contributed by atoms with Crippen LogP contribution in [0.25, 0.3) is 10.2 Å². The summed E-state index contributed by atoms with van der Waals surface area (Å²) in [6.45, 7) is 2.00. The van der Waals surface area contributed by atoms with E-state index in [1.807, 2.05) is 19.1 Å². The predicted molar refractivity (Wildman–Crippen MR) is 88.6 cm³/mol. The van der Waals surface area contributed by atoms with Crippen LogP contribution in [0.15, 0.2) is 18.3 Å². The van der Waals surface area contributed by atoms with Crippen molar-refractivity contribution in [1.82, 2.24) is 14.8 Å². The Balaban J connectivity index is 1.95. The minimum Gasteiger partial charge on any atom is -0.494 e. The summed E-state index contributed by atoms with van der Waals surface area (Å²) < 4.78 is 12.9. The molecule has 0 saturated heterocycles. The van der Waals surface area contributed by atoms with Gasteiger partial charge in [-0.15, -0.1) is 5.10 Å². The average Bonchev–Trinajstić information content (AvgIpc) is 3.11. The number of fused-ring (bicyclic) bond motifs is 1. The largest absolute Gasteiger partial charge is 0.494 e. The Morgan fingerprint density at radius 1 is 1.30 bits per heavy atom. The molecule has 1 N–H and O–H groups in total. The van der Waals surface area contributed by atoms with Gasteiger partial charge in [-0.1, -0.05) is 17.4 Å². The summed E-state index contributed by atoms with van der Waals surface area (Å²) >= 11 is 1.41. The van der Waals surface area contributed by atoms with Gasteiger partial charge in [0.15, 0.2) is 5.13 Å². The third-order valence-corrected chi connectivity index (χ3v) is 4.48. The number of carbonyl (C=O) groups is 1. The number of nitrogens with one attached hydrogen (secondary N) is 1. The summed E-state index contributed by atoms with van der Waals surface area (Å²) in [7, 11) is 4.80. The molecule has 0 fully saturated rings. The zero-order valence-corrected chi connectivity index (χ0v) is 14.0. The van der Waals surface area contributed by atoms with Crippen LogP contribution in [0.3, 0.4) is 0 Å². The van der Waals surface area contributed by atoms with E-state index in [-0.39, 0.29) is 11.8 Å². The van der Waals surface area contributed by atoms with Gasteiger partial charge < -0.3 is 9.47 Å². The van der Waals surface area contributed by atoms with E-state index in [0.29, 0.717) is 16.4 Å².